The van der Waals surface area contributed by atoms with Crippen LogP contribution in [0, 0.1) is 6.92 Å². The average Bonchev–Trinajstić information content (AvgIpc) is 2.26. The van der Waals surface area contributed by atoms with Gasteiger partial charge < -0.3 is 10.5 Å². The van der Waals surface area contributed by atoms with Gasteiger partial charge in [-0.05, 0) is 45.2 Å². The standard InChI is InChI=1S/C15H24FNO/c1-10-6-7-12(15(3,4)16)14(18-5)13(10)11(2)8-9-17/h6-7,11H,8-9,17H2,1-5H3. The van der Waals surface area contributed by atoms with E-state index in [0.29, 0.717) is 17.9 Å². The molecule has 1 rings (SSSR count). The van der Waals surface area contributed by atoms with Crippen LogP contribution in [0.1, 0.15) is 49.8 Å². The molecule has 0 aliphatic carbocycles. The van der Waals surface area contributed by atoms with E-state index in [9.17, 15) is 4.39 Å². The van der Waals surface area contributed by atoms with Gasteiger partial charge in [-0.15, -0.1) is 0 Å². The summed E-state index contributed by atoms with van der Waals surface area (Å²) in [5, 5.41) is 0. The maximum absolute atomic E-state index is 14.2. The van der Waals surface area contributed by atoms with E-state index in [1.54, 1.807) is 21.0 Å². The number of ether oxygens (including phenoxy) is 1. The number of methoxy groups -OCH3 is 1. The van der Waals surface area contributed by atoms with Crippen LogP contribution in [0.5, 0.6) is 5.75 Å². The van der Waals surface area contributed by atoms with E-state index in [1.807, 2.05) is 19.1 Å². The van der Waals surface area contributed by atoms with Crippen LogP contribution in [0.15, 0.2) is 12.1 Å². The Bertz CT molecular complexity index is 410. The minimum atomic E-state index is -1.41. The van der Waals surface area contributed by atoms with Crippen LogP contribution in [0.4, 0.5) is 4.39 Å². The fraction of sp³-hybridized carbons (Fsp3) is 0.600. The Morgan fingerprint density at radius 2 is 2.00 bits per heavy atom. The SMILES string of the molecule is COc1c(C(C)(C)F)ccc(C)c1C(C)CCN. The largest absolute Gasteiger partial charge is 0.496 e. The predicted molar refractivity (Wildman–Crippen MR) is 74.0 cm³/mol. The van der Waals surface area contributed by atoms with Crippen LogP contribution in [-0.4, -0.2) is 13.7 Å². The Morgan fingerprint density at radius 3 is 2.44 bits per heavy atom. The highest BCUT2D eigenvalue weighted by Crippen LogP contribution is 2.40. The molecule has 0 spiro atoms. The van der Waals surface area contributed by atoms with Gasteiger partial charge in [-0.25, -0.2) is 4.39 Å². The molecule has 2 nitrogen and oxygen atoms in total. The van der Waals surface area contributed by atoms with Crippen LogP contribution in [-0.2, 0) is 5.67 Å². The minimum Gasteiger partial charge on any atom is -0.496 e. The van der Waals surface area contributed by atoms with Crippen molar-refractivity contribution in [2.45, 2.75) is 45.7 Å². The number of halogens is 1. The molecule has 0 heterocycles. The van der Waals surface area contributed by atoms with Crippen molar-refractivity contribution in [3.05, 3.63) is 28.8 Å². The van der Waals surface area contributed by atoms with Crippen LogP contribution < -0.4 is 10.5 Å². The molecule has 18 heavy (non-hydrogen) atoms. The highest BCUT2D eigenvalue weighted by molar-refractivity contribution is 5.50. The van der Waals surface area contributed by atoms with E-state index < -0.39 is 5.67 Å². The summed E-state index contributed by atoms with van der Waals surface area (Å²) in [6.45, 7) is 7.86. The first-order chi connectivity index (χ1) is 8.32. The van der Waals surface area contributed by atoms with Gasteiger partial charge in [-0.2, -0.15) is 0 Å². The predicted octanol–water partition coefficient (Wildman–Crippen LogP) is 3.66. The Morgan fingerprint density at radius 1 is 1.39 bits per heavy atom. The van der Waals surface area contributed by atoms with Crippen LogP contribution in [0.3, 0.4) is 0 Å². The Hall–Kier alpha value is -1.09. The molecule has 3 heteroatoms. The fourth-order valence-corrected chi connectivity index (χ4v) is 2.39. The summed E-state index contributed by atoms with van der Waals surface area (Å²) in [6.07, 6.45) is 0.868. The lowest BCUT2D eigenvalue weighted by Crippen LogP contribution is -2.15. The van der Waals surface area contributed by atoms with Crippen molar-refractivity contribution in [2.75, 3.05) is 13.7 Å². The molecule has 0 aliphatic rings. The summed E-state index contributed by atoms with van der Waals surface area (Å²) in [6, 6.07) is 3.77. The average molecular weight is 253 g/mol. The number of rotatable bonds is 5. The van der Waals surface area contributed by atoms with Crippen LogP contribution in [0.2, 0.25) is 0 Å². The first-order valence-electron chi connectivity index (χ1n) is 6.39. The summed E-state index contributed by atoms with van der Waals surface area (Å²) in [7, 11) is 1.60. The molecule has 1 unspecified atom stereocenters. The summed E-state index contributed by atoms with van der Waals surface area (Å²) in [4.78, 5) is 0. The molecule has 0 radical (unpaired) electrons. The Balaban J connectivity index is 3.39. The molecule has 0 fully saturated rings. The fourth-order valence-electron chi connectivity index (χ4n) is 2.39. The highest BCUT2D eigenvalue weighted by Gasteiger charge is 2.27. The zero-order chi connectivity index (χ0) is 13.9. The molecule has 1 aromatic rings. The molecular weight excluding hydrogens is 229 g/mol. The van der Waals surface area contributed by atoms with Crippen molar-refractivity contribution in [1.29, 1.82) is 0 Å². The first-order valence-corrected chi connectivity index (χ1v) is 6.39. The molecule has 0 amide bonds. The quantitative estimate of drug-likeness (QED) is 0.869. The highest BCUT2D eigenvalue weighted by atomic mass is 19.1. The van der Waals surface area contributed by atoms with Gasteiger partial charge in [-0.1, -0.05) is 19.1 Å². The van der Waals surface area contributed by atoms with Crippen molar-refractivity contribution in [3.8, 4) is 5.75 Å². The lowest BCUT2D eigenvalue weighted by molar-refractivity contribution is 0.213. The van der Waals surface area contributed by atoms with Crippen molar-refractivity contribution < 1.29 is 9.13 Å². The number of hydrogen-bond acceptors (Lipinski definition) is 2. The van der Waals surface area contributed by atoms with E-state index in [-0.39, 0.29) is 5.92 Å². The summed E-state index contributed by atoms with van der Waals surface area (Å²) in [5.41, 5.74) is 7.02. The topological polar surface area (TPSA) is 35.2 Å². The van der Waals surface area contributed by atoms with E-state index in [4.69, 9.17) is 10.5 Å². The van der Waals surface area contributed by atoms with E-state index in [0.717, 1.165) is 17.5 Å². The summed E-state index contributed by atoms with van der Waals surface area (Å²) < 4.78 is 19.7. The zero-order valence-electron chi connectivity index (χ0n) is 12.0. The molecule has 0 saturated heterocycles. The molecule has 0 bridgehead atoms. The molecule has 0 aliphatic heterocycles. The minimum absolute atomic E-state index is 0.271. The lowest BCUT2D eigenvalue weighted by atomic mass is 9.87. The number of benzene rings is 1. The maximum Gasteiger partial charge on any atom is 0.134 e. The second kappa shape index (κ2) is 5.70. The Labute approximate surface area is 109 Å². The molecule has 2 N–H and O–H groups in total. The van der Waals surface area contributed by atoms with Gasteiger partial charge in [0.1, 0.15) is 11.4 Å². The van der Waals surface area contributed by atoms with E-state index >= 15 is 0 Å². The third-order valence-corrected chi connectivity index (χ3v) is 3.35. The third kappa shape index (κ3) is 3.02. The van der Waals surface area contributed by atoms with Gasteiger partial charge in [-0.3, -0.25) is 0 Å². The van der Waals surface area contributed by atoms with Crippen LogP contribution >= 0.6 is 0 Å². The second-order valence-corrected chi connectivity index (χ2v) is 5.33. The monoisotopic (exact) mass is 253 g/mol. The summed E-state index contributed by atoms with van der Waals surface area (Å²) in [5.74, 6) is 0.940. The number of hydrogen-bond donors (Lipinski definition) is 1. The third-order valence-electron chi connectivity index (χ3n) is 3.35. The van der Waals surface area contributed by atoms with E-state index in [1.165, 1.54) is 0 Å². The van der Waals surface area contributed by atoms with Gasteiger partial charge in [0, 0.05) is 11.1 Å². The molecule has 0 saturated carbocycles. The van der Waals surface area contributed by atoms with Gasteiger partial charge >= 0.3 is 0 Å². The molecule has 102 valence electrons. The number of nitrogens with two attached hydrogens (primary N) is 1. The zero-order valence-corrected chi connectivity index (χ0v) is 12.0. The smallest absolute Gasteiger partial charge is 0.134 e. The maximum atomic E-state index is 14.2. The molecule has 0 aromatic heterocycles. The van der Waals surface area contributed by atoms with Gasteiger partial charge in [0.2, 0.25) is 0 Å². The summed E-state index contributed by atoms with van der Waals surface area (Å²) >= 11 is 0. The first kappa shape index (κ1) is 15.0. The Kier molecular flexibility index (Phi) is 4.74. The molecule has 1 atom stereocenters. The van der Waals surface area contributed by atoms with Crippen molar-refractivity contribution in [2.24, 2.45) is 5.73 Å². The molecular formula is C15H24FNO. The van der Waals surface area contributed by atoms with Crippen LogP contribution in [0.25, 0.3) is 0 Å². The molecule has 1 aromatic carbocycles. The van der Waals surface area contributed by atoms with Crippen molar-refractivity contribution in [3.63, 3.8) is 0 Å². The number of aryl methyl sites for hydroxylation is 1. The number of alkyl halides is 1. The second-order valence-electron chi connectivity index (χ2n) is 5.33. The normalized spacial score (nSPS) is 13.5. The van der Waals surface area contributed by atoms with Gasteiger partial charge in [0.05, 0.1) is 7.11 Å². The van der Waals surface area contributed by atoms with Gasteiger partial charge in [0.15, 0.2) is 0 Å². The van der Waals surface area contributed by atoms with E-state index in [2.05, 4.69) is 6.92 Å². The van der Waals surface area contributed by atoms with Crippen molar-refractivity contribution >= 4 is 0 Å². The van der Waals surface area contributed by atoms with Crippen molar-refractivity contribution in [1.82, 2.24) is 0 Å². The van der Waals surface area contributed by atoms with Gasteiger partial charge in [0.25, 0.3) is 0 Å². The lowest BCUT2D eigenvalue weighted by Gasteiger charge is -2.25.